The fourth-order valence-corrected chi connectivity index (χ4v) is 3.35. The molecule has 4 heteroatoms. The number of rotatable bonds is 6. The maximum atomic E-state index is 12.5. The van der Waals surface area contributed by atoms with Crippen molar-refractivity contribution in [2.45, 2.75) is 45.3 Å². The van der Waals surface area contributed by atoms with Gasteiger partial charge in [-0.1, -0.05) is 43.7 Å². The molecule has 0 radical (unpaired) electrons. The Morgan fingerprint density at radius 2 is 1.88 bits per heavy atom. The fraction of sp³-hybridized carbons (Fsp3) is 0.409. The van der Waals surface area contributed by atoms with Crippen LogP contribution < -0.4 is 9.47 Å². The van der Waals surface area contributed by atoms with E-state index in [0.717, 1.165) is 24.8 Å². The van der Waals surface area contributed by atoms with Gasteiger partial charge in [0, 0.05) is 0 Å². The number of methoxy groups -OCH3 is 1. The van der Waals surface area contributed by atoms with Crippen LogP contribution >= 0.6 is 0 Å². The summed E-state index contributed by atoms with van der Waals surface area (Å²) in [6, 6.07) is 15.1. The molecular weight excluding hydrogens is 328 g/mol. The first-order valence-corrected chi connectivity index (χ1v) is 9.21. The zero-order valence-electron chi connectivity index (χ0n) is 15.4. The van der Waals surface area contributed by atoms with Crippen molar-refractivity contribution in [3.63, 3.8) is 0 Å². The molecule has 1 fully saturated rings. The van der Waals surface area contributed by atoms with E-state index in [-0.39, 0.29) is 12.1 Å². The molecule has 2 atom stereocenters. The molecule has 2 aromatic rings. The maximum absolute atomic E-state index is 12.5. The Kier molecular flexibility index (Phi) is 6.16. The van der Waals surface area contributed by atoms with Gasteiger partial charge in [0.1, 0.15) is 12.7 Å². The van der Waals surface area contributed by atoms with Gasteiger partial charge >= 0.3 is 5.97 Å². The summed E-state index contributed by atoms with van der Waals surface area (Å²) in [7, 11) is 1.57. The molecule has 0 aliphatic heterocycles. The highest BCUT2D eigenvalue weighted by molar-refractivity contribution is 5.90. The number of esters is 1. The number of hydrogen-bond donors (Lipinski definition) is 0. The van der Waals surface area contributed by atoms with Gasteiger partial charge in [0.25, 0.3) is 0 Å². The summed E-state index contributed by atoms with van der Waals surface area (Å²) in [5.41, 5.74) is 1.57. The Bertz CT molecular complexity index is 726. The molecule has 2 aromatic carbocycles. The standard InChI is InChI=1S/C22H26O4/c1-16-7-6-10-19(13-16)26-22(23)18-11-12-20(21(14-18)24-2)25-15-17-8-4-3-5-9-17/h3-5,8-9,11-12,14,16,19H,6-7,10,13,15H2,1-2H3. The first kappa shape index (κ1) is 18.3. The van der Waals surface area contributed by atoms with Gasteiger partial charge in [0.2, 0.25) is 0 Å². The van der Waals surface area contributed by atoms with Crippen LogP contribution in [-0.4, -0.2) is 19.2 Å². The number of ether oxygens (including phenoxy) is 3. The number of hydrogen-bond acceptors (Lipinski definition) is 4. The Morgan fingerprint density at radius 1 is 1.08 bits per heavy atom. The van der Waals surface area contributed by atoms with E-state index < -0.39 is 0 Å². The molecule has 0 aromatic heterocycles. The molecule has 0 amide bonds. The molecule has 4 nitrogen and oxygen atoms in total. The summed E-state index contributed by atoms with van der Waals surface area (Å²) >= 11 is 0. The number of carbonyl (C=O) groups excluding carboxylic acids is 1. The van der Waals surface area contributed by atoms with Crippen molar-refractivity contribution in [2.75, 3.05) is 7.11 Å². The Labute approximate surface area is 155 Å². The van der Waals surface area contributed by atoms with Gasteiger partial charge in [-0.05, 0) is 48.9 Å². The van der Waals surface area contributed by atoms with Gasteiger partial charge in [-0.15, -0.1) is 0 Å². The van der Waals surface area contributed by atoms with Gasteiger partial charge in [-0.25, -0.2) is 4.79 Å². The Morgan fingerprint density at radius 3 is 2.62 bits per heavy atom. The molecule has 1 saturated carbocycles. The van der Waals surface area contributed by atoms with E-state index >= 15 is 0 Å². The first-order chi connectivity index (χ1) is 12.7. The van der Waals surface area contributed by atoms with Crippen LogP contribution in [0, 0.1) is 5.92 Å². The number of carbonyl (C=O) groups is 1. The van der Waals surface area contributed by atoms with Crippen molar-refractivity contribution < 1.29 is 19.0 Å². The third-order valence-electron chi connectivity index (χ3n) is 4.80. The predicted molar refractivity (Wildman–Crippen MR) is 101 cm³/mol. The van der Waals surface area contributed by atoms with Crippen molar-refractivity contribution in [2.24, 2.45) is 5.92 Å². The van der Waals surface area contributed by atoms with Crippen LogP contribution in [0.5, 0.6) is 11.5 Å². The number of benzene rings is 2. The van der Waals surface area contributed by atoms with E-state index in [1.54, 1.807) is 25.3 Å². The van der Waals surface area contributed by atoms with Crippen LogP contribution in [0.15, 0.2) is 48.5 Å². The molecule has 26 heavy (non-hydrogen) atoms. The van der Waals surface area contributed by atoms with E-state index in [9.17, 15) is 4.79 Å². The minimum atomic E-state index is -0.294. The highest BCUT2D eigenvalue weighted by atomic mass is 16.5. The minimum Gasteiger partial charge on any atom is -0.493 e. The van der Waals surface area contributed by atoms with Crippen LogP contribution in [-0.2, 0) is 11.3 Å². The molecular formula is C22H26O4. The minimum absolute atomic E-state index is 0.0197. The molecule has 0 saturated heterocycles. The quantitative estimate of drug-likeness (QED) is 0.684. The lowest BCUT2D eigenvalue weighted by Gasteiger charge is -2.26. The van der Waals surface area contributed by atoms with Crippen LogP contribution in [0.4, 0.5) is 0 Å². The van der Waals surface area contributed by atoms with Crippen molar-refractivity contribution >= 4 is 5.97 Å². The van der Waals surface area contributed by atoms with E-state index in [1.807, 2.05) is 30.3 Å². The molecule has 1 aliphatic rings. The smallest absolute Gasteiger partial charge is 0.338 e. The molecule has 0 N–H and O–H groups in total. The average molecular weight is 354 g/mol. The van der Waals surface area contributed by atoms with Gasteiger partial charge in [0.15, 0.2) is 11.5 Å². The largest absolute Gasteiger partial charge is 0.493 e. The van der Waals surface area contributed by atoms with E-state index in [0.29, 0.717) is 29.6 Å². The Hall–Kier alpha value is -2.49. The van der Waals surface area contributed by atoms with Crippen LogP contribution in [0.2, 0.25) is 0 Å². The van der Waals surface area contributed by atoms with Gasteiger partial charge in [-0.2, -0.15) is 0 Å². The summed E-state index contributed by atoms with van der Waals surface area (Å²) in [4.78, 5) is 12.5. The van der Waals surface area contributed by atoms with Gasteiger partial charge < -0.3 is 14.2 Å². The van der Waals surface area contributed by atoms with E-state index in [2.05, 4.69) is 6.92 Å². The van der Waals surface area contributed by atoms with Crippen molar-refractivity contribution in [3.05, 3.63) is 59.7 Å². The normalized spacial score (nSPS) is 19.6. The summed E-state index contributed by atoms with van der Waals surface area (Å²) in [5.74, 6) is 1.47. The van der Waals surface area contributed by atoms with Crippen LogP contribution in [0.1, 0.15) is 48.5 Å². The van der Waals surface area contributed by atoms with Crippen molar-refractivity contribution in [1.82, 2.24) is 0 Å². The van der Waals surface area contributed by atoms with Crippen molar-refractivity contribution in [1.29, 1.82) is 0 Å². The first-order valence-electron chi connectivity index (χ1n) is 9.21. The molecule has 0 bridgehead atoms. The molecule has 3 rings (SSSR count). The van der Waals surface area contributed by atoms with E-state index in [1.165, 1.54) is 6.42 Å². The zero-order valence-corrected chi connectivity index (χ0v) is 15.4. The molecule has 0 heterocycles. The zero-order chi connectivity index (χ0) is 18.4. The second kappa shape index (κ2) is 8.75. The highest BCUT2D eigenvalue weighted by Gasteiger charge is 2.23. The van der Waals surface area contributed by atoms with Gasteiger partial charge in [0.05, 0.1) is 12.7 Å². The summed E-state index contributed by atoms with van der Waals surface area (Å²) < 4.78 is 16.9. The second-order valence-electron chi connectivity index (χ2n) is 6.94. The van der Waals surface area contributed by atoms with Crippen LogP contribution in [0.3, 0.4) is 0 Å². The van der Waals surface area contributed by atoms with E-state index in [4.69, 9.17) is 14.2 Å². The lowest BCUT2D eigenvalue weighted by molar-refractivity contribution is 0.0155. The van der Waals surface area contributed by atoms with Crippen molar-refractivity contribution in [3.8, 4) is 11.5 Å². The molecule has 1 aliphatic carbocycles. The molecule has 0 spiro atoms. The fourth-order valence-electron chi connectivity index (χ4n) is 3.35. The summed E-state index contributed by atoms with van der Waals surface area (Å²) in [5, 5.41) is 0. The lowest BCUT2D eigenvalue weighted by Crippen LogP contribution is -2.24. The maximum Gasteiger partial charge on any atom is 0.338 e. The third kappa shape index (κ3) is 4.78. The predicted octanol–water partition coefficient (Wildman–Crippen LogP) is 5.01. The third-order valence-corrected chi connectivity index (χ3v) is 4.80. The average Bonchev–Trinajstić information content (AvgIpc) is 2.67. The summed E-state index contributed by atoms with van der Waals surface area (Å²) in [6.45, 7) is 2.66. The van der Waals surface area contributed by atoms with Crippen LogP contribution in [0.25, 0.3) is 0 Å². The van der Waals surface area contributed by atoms with Gasteiger partial charge in [-0.3, -0.25) is 0 Å². The molecule has 2 unspecified atom stereocenters. The Balaban J connectivity index is 1.64. The summed E-state index contributed by atoms with van der Waals surface area (Å²) in [6.07, 6.45) is 4.25. The highest BCUT2D eigenvalue weighted by Crippen LogP contribution is 2.30. The SMILES string of the molecule is COc1cc(C(=O)OC2CCCC(C)C2)ccc1OCc1ccccc1. The second-order valence-corrected chi connectivity index (χ2v) is 6.94. The lowest BCUT2D eigenvalue weighted by atomic mass is 9.89. The molecule has 138 valence electrons. The topological polar surface area (TPSA) is 44.8 Å². The monoisotopic (exact) mass is 354 g/mol.